The van der Waals surface area contributed by atoms with E-state index in [0.717, 1.165) is 41.6 Å². The summed E-state index contributed by atoms with van der Waals surface area (Å²) in [5, 5.41) is 0. The van der Waals surface area contributed by atoms with Crippen LogP contribution in [0.5, 0.6) is 5.75 Å². The van der Waals surface area contributed by atoms with Gasteiger partial charge in [-0.1, -0.05) is 24.3 Å². The van der Waals surface area contributed by atoms with Crippen LogP contribution in [0.4, 0.5) is 11.4 Å². The van der Waals surface area contributed by atoms with Gasteiger partial charge in [0.05, 0.1) is 13.1 Å². The Bertz CT molecular complexity index is 963. The van der Waals surface area contributed by atoms with Crippen molar-refractivity contribution < 1.29 is 4.74 Å². The number of hydrogen-bond acceptors (Lipinski definition) is 2. The molecule has 27 heavy (non-hydrogen) atoms. The summed E-state index contributed by atoms with van der Waals surface area (Å²) in [6.07, 6.45) is 8.22. The van der Waals surface area contributed by atoms with E-state index in [2.05, 4.69) is 50.4 Å². The fraction of sp³-hybridized carbons (Fsp3) is 0.458. The van der Waals surface area contributed by atoms with Crippen LogP contribution >= 0.6 is 0 Å². The SMILES string of the molecule is CC1=Nc2c(ccc3c2OC2(CC3)Cc3ccccc3C2)[N+]1(C)C1CCC1. The number of hydrogen-bond donors (Lipinski definition) is 0. The van der Waals surface area contributed by atoms with Crippen molar-refractivity contribution in [3.05, 3.63) is 53.1 Å². The molecule has 3 nitrogen and oxygen atoms in total. The Morgan fingerprint density at radius 1 is 1.04 bits per heavy atom. The van der Waals surface area contributed by atoms with Gasteiger partial charge in [-0.3, -0.25) is 0 Å². The van der Waals surface area contributed by atoms with Crippen molar-refractivity contribution >= 4 is 17.2 Å². The number of nitrogens with zero attached hydrogens (tertiary/aromatic N) is 2. The van der Waals surface area contributed by atoms with Crippen LogP contribution in [0.1, 0.15) is 49.3 Å². The second-order valence-corrected chi connectivity index (χ2v) is 9.15. The molecule has 6 rings (SSSR count). The molecule has 0 radical (unpaired) electrons. The number of fused-ring (bicyclic) bond motifs is 4. The van der Waals surface area contributed by atoms with Crippen LogP contribution in [0.15, 0.2) is 41.4 Å². The van der Waals surface area contributed by atoms with Crippen molar-refractivity contribution in [2.45, 2.75) is 63.5 Å². The third-order valence-electron chi connectivity index (χ3n) is 7.76. The number of quaternary nitrogens is 1. The Morgan fingerprint density at radius 3 is 2.44 bits per heavy atom. The van der Waals surface area contributed by atoms with Crippen LogP contribution in [-0.2, 0) is 19.3 Å². The van der Waals surface area contributed by atoms with Gasteiger partial charge in [-0.25, -0.2) is 4.48 Å². The minimum Gasteiger partial charge on any atom is -0.484 e. The Hall–Kier alpha value is -2.13. The molecule has 1 saturated carbocycles. The Kier molecular flexibility index (Phi) is 3.08. The summed E-state index contributed by atoms with van der Waals surface area (Å²) in [4.78, 5) is 5.09. The molecule has 0 N–H and O–H groups in total. The Labute approximate surface area is 161 Å². The molecule has 2 aliphatic carbocycles. The maximum absolute atomic E-state index is 6.86. The first-order valence-electron chi connectivity index (χ1n) is 10.4. The average Bonchev–Trinajstić information content (AvgIpc) is 3.09. The van der Waals surface area contributed by atoms with Crippen LogP contribution in [0.25, 0.3) is 0 Å². The smallest absolute Gasteiger partial charge is 0.205 e. The maximum Gasteiger partial charge on any atom is 0.205 e. The molecule has 3 heteroatoms. The second-order valence-electron chi connectivity index (χ2n) is 9.15. The Balaban J connectivity index is 1.43. The standard InChI is InChI=1S/C24H27N2O/c1-16-25-22-21(26(16,2)20-8-5-9-20)11-10-17-12-13-24(27-23(17)22)14-18-6-3-4-7-19(18)15-24/h3-4,6-7,10-11,20H,5,8-9,12-15H2,1-2H3/q+1. The molecular formula is C24H27N2O+. The summed E-state index contributed by atoms with van der Waals surface area (Å²) < 4.78 is 7.75. The molecule has 1 fully saturated rings. The third kappa shape index (κ3) is 2.04. The molecule has 1 spiro atoms. The predicted octanol–water partition coefficient (Wildman–Crippen LogP) is 5.10. The number of amidine groups is 1. The molecule has 2 aromatic rings. The van der Waals surface area contributed by atoms with Crippen molar-refractivity contribution in [1.29, 1.82) is 0 Å². The van der Waals surface area contributed by atoms with E-state index in [1.165, 1.54) is 47.5 Å². The molecule has 0 amide bonds. The lowest BCUT2D eigenvalue weighted by Crippen LogP contribution is -2.58. The first kappa shape index (κ1) is 15.9. The topological polar surface area (TPSA) is 21.6 Å². The predicted molar refractivity (Wildman–Crippen MR) is 110 cm³/mol. The summed E-state index contributed by atoms with van der Waals surface area (Å²) in [7, 11) is 2.35. The third-order valence-corrected chi connectivity index (χ3v) is 7.76. The van der Waals surface area contributed by atoms with Crippen molar-refractivity contribution in [3.8, 4) is 5.75 Å². The summed E-state index contributed by atoms with van der Waals surface area (Å²) >= 11 is 0. The van der Waals surface area contributed by atoms with Gasteiger partial charge >= 0.3 is 0 Å². The highest BCUT2D eigenvalue weighted by molar-refractivity contribution is 6.03. The first-order valence-corrected chi connectivity index (χ1v) is 10.4. The van der Waals surface area contributed by atoms with E-state index in [1.54, 1.807) is 0 Å². The zero-order chi connectivity index (χ0) is 18.2. The highest BCUT2D eigenvalue weighted by Gasteiger charge is 2.50. The van der Waals surface area contributed by atoms with Crippen molar-refractivity contribution in [2.75, 3.05) is 7.05 Å². The van der Waals surface area contributed by atoms with Gasteiger partial charge in [0.15, 0.2) is 17.1 Å². The number of aliphatic imine (C=N–C) groups is 1. The molecular weight excluding hydrogens is 332 g/mol. The van der Waals surface area contributed by atoms with Gasteiger partial charge in [-0.15, -0.1) is 0 Å². The lowest BCUT2D eigenvalue weighted by Gasteiger charge is -2.42. The van der Waals surface area contributed by atoms with Gasteiger partial charge in [-0.05, 0) is 42.0 Å². The lowest BCUT2D eigenvalue weighted by atomic mass is 9.87. The molecule has 0 saturated heterocycles. The highest BCUT2D eigenvalue weighted by Crippen LogP contribution is 2.54. The van der Waals surface area contributed by atoms with Gasteiger partial charge in [-0.2, -0.15) is 4.99 Å². The monoisotopic (exact) mass is 359 g/mol. The number of ether oxygens (including phenoxy) is 1. The molecule has 4 aliphatic rings. The quantitative estimate of drug-likeness (QED) is 0.649. The van der Waals surface area contributed by atoms with E-state index in [9.17, 15) is 0 Å². The molecule has 2 heterocycles. The van der Waals surface area contributed by atoms with E-state index in [-0.39, 0.29) is 5.60 Å². The van der Waals surface area contributed by atoms with E-state index < -0.39 is 0 Å². The molecule has 2 aliphatic heterocycles. The molecule has 2 aromatic carbocycles. The van der Waals surface area contributed by atoms with E-state index in [4.69, 9.17) is 9.73 Å². The molecule has 138 valence electrons. The minimum atomic E-state index is -0.0717. The summed E-state index contributed by atoms with van der Waals surface area (Å²) in [5.74, 6) is 2.30. The lowest BCUT2D eigenvalue weighted by molar-refractivity contribution is 0.0575. The van der Waals surface area contributed by atoms with Gasteiger partial charge < -0.3 is 4.74 Å². The van der Waals surface area contributed by atoms with Gasteiger partial charge in [0, 0.05) is 38.7 Å². The molecule has 1 atom stereocenters. The molecule has 0 bridgehead atoms. The first-order chi connectivity index (χ1) is 13.1. The Morgan fingerprint density at radius 2 is 1.78 bits per heavy atom. The highest BCUT2D eigenvalue weighted by atomic mass is 16.5. The normalized spacial score (nSPS) is 27.4. The fourth-order valence-electron chi connectivity index (χ4n) is 5.74. The maximum atomic E-state index is 6.86. The summed E-state index contributed by atoms with van der Waals surface area (Å²) in [5.41, 5.74) is 6.66. The number of aryl methyl sites for hydroxylation is 1. The number of rotatable bonds is 1. The summed E-state index contributed by atoms with van der Waals surface area (Å²) in [6.45, 7) is 2.20. The van der Waals surface area contributed by atoms with Crippen LogP contribution in [0.3, 0.4) is 0 Å². The van der Waals surface area contributed by atoms with E-state index in [1.807, 2.05) is 0 Å². The van der Waals surface area contributed by atoms with E-state index in [0.29, 0.717) is 6.04 Å². The number of benzene rings is 2. The van der Waals surface area contributed by atoms with Crippen molar-refractivity contribution in [2.24, 2.45) is 4.99 Å². The summed E-state index contributed by atoms with van der Waals surface area (Å²) in [6, 6.07) is 14.2. The molecule has 0 aromatic heterocycles. The van der Waals surface area contributed by atoms with Crippen LogP contribution in [0.2, 0.25) is 0 Å². The van der Waals surface area contributed by atoms with Crippen LogP contribution < -0.4 is 9.22 Å². The van der Waals surface area contributed by atoms with Crippen molar-refractivity contribution in [1.82, 2.24) is 4.48 Å². The van der Waals surface area contributed by atoms with Gasteiger partial charge in [0.1, 0.15) is 5.60 Å². The van der Waals surface area contributed by atoms with Crippen LogP contribution in [0, 0.1) is 0 Å². The van der Waals surface area contributed by atoms with Gasteiger partial charge in [0.25, 0.3) is 0 Å². The zero-order valence-electron chi connectivity index (χ0n) is 16.3. The average molecular weight is 359 g/mol. The minimum absolute atomic E-state index is 0.0717. The van der Waals surface area contributed by atoms with Crippen molar-refractivity contribution in [3.63, 3.8) is 0 Å². The largest absolute Gasteiger partial charge is 0.484 e. The van der Waals surface area contributed by atoms with E-state index >= 15 is 0 Å². The van der Waals surface area contributed by atoms with Crippen LogP contribution in [-0.4, -0.2) is 24.5 Å². The fourth-order valence-corrected chi connectivity index (χ4v) is 5.74. The zero-order valence-corrected chi connectivity index (χ0v) is 16.3. The van der Waals surface area contributed by atoms with Gasteiger partial charge in [0.2, 0.25) is 5.84 Å². The molecule has 1 unspecified atom stereocenters. The second kappa shape index (κ2) is 5.23.